The highest BCUT2D eigenvalue weighted by atomic mass is 16.5. The summed E-state index contributed by atoms with van der Waals surface area (Å²) in [6.45, 7) is 0.153. The molecular formula is C22H18N2O5. The molecule has 0 bridgehead atoms. The summed E-state index contributed by atoms with van der Waals surface area (Å²) in [5.74, 6) is -0.693. The predicted octanol–water partition coefficient (Wildman–Crippen LogP) is 3.31. The second-order valence-electron chi connectivity index (χ2n) is 6.53. The quantitative estimate of drug-likeness (QED) is 0.408. The third kappa shape index (κ3) is 3.38. The molecule has 1 aromatic carbocycles. The Balaban J connectivity index is 1.81. The van der Waals surface area contributed by atoms with Crippen molar-refractivity contribution in [1.82, 2.24) is 9.88 Å². The number of carbonyl (C=O) groups is 2. The highest BCUT2D eigenvalue weighted by Gasteiger charge is 2.47. The molecule has 7 heteroatoms. The van der Waals surface area contributed by atoms with Gasteiger partial charge in [-0.25, -0.2) is 0 Å². The number of hydrogen-bond donors (Lipinski definition) is 1. The topological polar surface area (TPSA) is 92.9 Å². The van der Waals surface area contributed by atoms with Crippen molar-refractivity contribution in [3.05, 3.63) is 89.6 Å². The molecule has 146 valence electrons. The summed E-state index contributed by atoms with van der Waals surface area (Å²) in [7, 11) is 1.56. The first-order valence-corrected chi connectivity index (χ1v) is 8.95. The van der Waals surface area contributed by atoms with Crippen LogP contribution in [0.1, 0.15) is 22.9 Å². The summed E-state index contributed by atoms with van der Waals surface area (Å²) >= 11 is 0. The van der Waals surface area contributed by atoms with Gasteiger partial charge in [0.15, 0.2) is 0 Å². The van der Waals surface area contributed by atoms with Crippen molar-refractivity contribution in [2.24, 2.45) is 0 Å². The van der Waals surface area contributed by atoms with E-state index in [1.807, 2.05) is 12.1 Å². The molecule has 1 aliphatic heterocycles. The van der Waals surface area contributed by atoms with Crippen molar-refractivity contribution in [2.75, 3.05) is 7.11 Å². The predicted molar refractivity (Wildman–Crippen MR) is 104 cm³/mol. The second kappa shape index (κ2) is 7.63. The van der Waals surface area contributed by atoms with Crippen molar-refractivity contribution in [2.45, 2.75) is 12.6 Å². The first-order valence-electron chi connectivity index (χ1n) is 8.95. The van der Waals surface area contributed by atoms with Crippen LogP contribution in [0.4, 0.5) is 0 Å². The van der Waals surface area contributed by atoms with Gasteiger partial charge in [0, 0.05) is 24.5 Å². The number of ketones is 1. The van der Waals surface area contributed by atoms with E-state index in [4.69, 9.17) is 9.15 Å². The van der Waals surface area contributed by atoms with E-state index in [2.05, 4.69) is 4.98 Å². The first kappa shape index (κ1) is 18.5. The lowest BCUT2D eigenvalue weighted by atomic mass is 9.99. The van der Waals surface area contributed by atoms with Crippen molar-refractivity contribution < 1.29 is 23.8 Å². The number of nitrogens with zero attached hydrogens (tertiary/aromatic N) is 2. The third-order valence-corrected chi connectivity index (χ3v) is 4.79. The van der Waals surface area contributed by atoms with Gasteiger partial charge in [-0.1, -0.05) is 12.1 Å². The number of aromatic nitrogens is 1. The van der Waals surface area contributed by atoms with E-state index >= 15 is 0 Å². The van der Waals surface area contributed by atoms with Crippen LogP contribution in [0.25, 0.3) is 5.76 Å². The Labute approximate surface area is 166 Å². The molecule has 1 N–H and O–H groups in total. The Hall–Kier alpha value is -3.87. The zero-order valence-electron chi connectivity index (χ0n) is 15.6. The van der Waals surface area contributed by atoms with Gasteiger partial charge in [0.1, 0.15) is 23.3 Å². The van der Waals surface area contributed by atoms with Crippen LogP contribution in [0.3, 0.4) is 0 Å². The van der Waals surface area contributed by atoms with Crippen molar-refractivity contribution in [3.63, 3.8) is 0 Å². The van der Waals surface area contributed by atoms with E-state index in [0.717, 1.165) is 5.56 Å². The van der Waals surface area contributed by atoms with E-state index in [-0.39, 0.29) is 17.9 Å². The van der Waals surface area contributed by atoms with E-state index < -0.39 is 17.7 Å². The number of rotatable bonds is 5. The monoisotopic (exact) mass is 390 g/mol. The molecule has 0 spiro atoms. The number of furan rings is 1. The van der Waals surface area contributed by atoms with Gasteiger partial charge >= 0.3 is 0 Å². The maximum absolute atomic E-state index is 12.9. The van der Waals surface area contributed by atoms with Gasteiger partial charge in [-0.2, -0.15) is 0 Å². The molecule has 1 atom stereocenters. The number of likely N-dealkylation sites (tertiary alicyclic amines) is 1. The van der Waals surface area contributed by atoms with Crippen LogP contribution < -0.4 is 4.74 Å². The molecule has 1 aliphatic rings. The number of ether oxygens (including phenoxy) is 1. The second-order valence-corrected chi connectivity index (χ2v) is 6.53. The van der Waals surface area contributed by atoms with E-state index in [1.54, 1.807) is 43.5 Å². The van der Waals surface area contributed by atoms with Crippen molar-refractivity contribution in [3.8, 4) is 5.75 Å². The maximum atomic E-state index is 12.9. The van der Waals surface area contributed by atoms with Gasteiger partial charge in [-0.05, 0) is 42.0 Å². The smallest absolute Gasteiger partial charge is 0.296 e. The minimum absolute atomic E-state index is 0.0148. The van der Waals surface area contributed by atoms with Crippen molar-refractivity contribution in [1.29, 1.82) is 0 Å². The van der Waals surface area contributed by atoms with Crippen LogP contribution in [0.15, 0.2) is 77.2 Å². The Bertz CT molecular complexity index is 1070. The summed E-state index contributed by atoms with van der Waals surface area (Å²) < 4.78 is 10.8. The first-order chi connectivity index (χ1) is 14.1. The molecule has 3 aromatic rings. The van der Waals surface area contributed by atoms with Gasteiger partial charge in [0.2, 0.25) is 0 Å². The summed E-state index contributed by atoms with van der Waals surface area (Å²) in [6, 6.07) is 12.9. The average molecular weight is 390 g/mol. The van der Waals surface area contributed by atoms with Crippen LogP contribution in [-0.4, -0.2) is 33.8 Å². The summed E-state index contributed by atoms with van der Waals surface area (Å²) in [6.07, 6.45) is 4.47. The molecule has 29 heavy (non-hydrogen) atoms. The average Bonchev–Trinajstić information content (AvgIpc) is 3.37. The van der Waals surface area contributed by atoms with Crippen LogP contribution >= 0.6 is 0 Å². The molecule has 0 radical (unpaired) electrons. The number of pyridine rings is 1. The molecule has 1 unspecified atom stereocenters. The molecule has 0 saturated carbocycles. The van der Waals surface area contributed by atoms with Gasteiger partial charge in [-0.3, -0.25) is 14.6 Å². The number of benzene rings is 1. The standard InChI is InChI=1S/C22H18N2O5/c1-28-16-5-2-4-14(12-16)13-24-19(17-6-3-11-29-17)18(21(26)22(24)27)20(25)15-7-9-23-10-8-15/h2-12,19,25H,13H2,1H3/b20-18-. The van der Waals surface area contributed by atoms with Gasteiger partial charge in [-0.15, -0.1) is 0 Å². The van der Waals surface area contributed by atoms with E-state index in [9.17, 15) is 14.7 Å². The Morgan fingerprint density at radius 1 is 1.17 bits per heavy atom. The number of carbonyl (C=O) groups excluding carboxylic acids is 2. The zero-order valence-corrected chi connectivity index (χ0v) is 15.6. The Morgan fingerprint density at radius 2 is 1.97 bits per heavy atom. The van der Waals surface area contributed by atoms with Gasteiger partial charge in [0.25, 0.3) is 11.7 Å². The van der Waals surface area contributed by atoms with E-state index in [0.29, 0.717) is 17.1 Å². The molecule has 3 heterocycles. The van der Waals surface area contributed by atoms with Crippen LogP contribution in [0.5, 0.6) is 5.75 Å². The van der Waals surface area contributed by atoms with Crippen molar-refractivity contribution >= 4 is 17.4 Å². The lowest BCUT2D eigenvalue weighted by Crippen LogP contribution is -2.29. The fraction of sp³-hybridized carbons (Fsp3) is 0.136. The lowest BCUT2D eigenvalue weighted by molar-refractivity contribution is -0.140. The molecular weight excluding hydrogens is 372 g/mol. The molecule has 1 amide bonds. The highest BCUT2D eigenvalue weighted by molar-refractivity contribution is 6.46. The molecule has 4 rings (SSSR count). The fourth-order valence-corrected chi connectivity index (χ4v) is 3.42. The summed E-state index contributed by atoms with van der Waals surface area (Å²) in [5.41, 5.74) is 1.17. The molecule has 2 aromatic heterocycles. The number of aliphatic hydroxyl groups is 1. The van der Waals surface area contributed by atoms with Gasteiger partial charge in [0.05, 0.1) is 18.9 Å². The number of Topliss-reactive ketones (excluding diaryl/α,β-unsaturated/α-hetero) is 1. The SMILES string of the molecule is COc1cccc(CN2C(=O)C(=O)/C(=C(\O)c3ccncc3)C2c2ccco2)c1. The third-order valence-electron chi connectivity index (χ3n) is 4.79. The number of aliphatic hydroxyl groups excluding tert-OH is 1. The molecule has 1 fully saturated rings. The molecule has 7 nitrogen and oxygen atoms in total. The normalized spacial score (nSPS) is 18.2. The fourth-order valence-electron chi connectivity index (χ4n) is 3.42. The number of methoxy groups -OCH3 is 1. The number of hydrogen-bond acceptors (Lipinski definition) is 6. The zero-order chi connectivity index (χ0) is 20.4. The van der Waals surface area contributed by atoms with Crippen LogP contribution in [0, 0.1) is 0 Å². The molecule has 0 aliphatic carbocycles. The van der Waals surface area contributed by atoms with Crippen LogP contribution in [0.2, 0.25) is 0 Å². The Kier molecular flexibility index (Phi) is 4.87. The van der Waals surface area contributed by atoms with Gasteiger partial charge < -0.3 is 19.2 Å². The minimum Gasteiger partial charge on any atom is -0.507 e. The van der Waals surface area contributed by atoms with E-state index in [1.165, 1.54) is 23.6 Å². The highest BCUT2D eigenvalue weighted by Crippen LogP contribution is 2.40. The summed E-state index contributed by atoms with van der Waals surface area (Å²) in [5, 5.41) is 10.8. The Morgan fingerprint density at radius 3 is 2.66 bits per heavy atom. The maximum Gasteiger partial charge on any atom is 0.296 e. The number of amides is 1. The minimum atomic E-state index is -0.843. The lowest BCUT2D eigenvalue weighted by Gasteiger charge is -2.23. The van der Waals surface area contributed by atoms with Crippen LogP contribution in [-0.2, 0) is 16.1 Å². The largest absolute Gasteiger partial charge is 0.507 e. The summed E-state index contributed by atoms with van der Waals surface area (Å²) in [4.78, 5) is 31.0. The molecule has 1 saturated heterocycles.